The maximum absolute atomic E-state index is 11.4. The Bertz CT molecular complexity index is 358. The van der Waals surface area contributed by atoms with Crippen LogP contribution in [0.15, 0.2) is 24.3 Å². The summed E-state index contributed by atoms with van der Waals surface area (Å²) in [6, 6.07) is 7.75. The Morgan fingerprint density at radius 1 is 1.06 bits per heavy atom. The van der Waals surface area contributed by atoms with Crippen molar-refractivity contribution in [2.24, 2.45) is 0 Å². The molecule has 17 heavy (non-hydrogen) atoms. The van der Waals surface area contributed by atoms with Gasteiger partial charge in [-0.2, -0.15) is 0 Å². The predicted octanol–water partition coefficient (Wildman–Crippen LogP) is 2.84. The van der Waals surface area contributed by atoms with Crippen LogP contribution in [0.5, 0.6) is 0 Å². The van der Waals surface area contributed by atoms with Gasteiger partial charge in [-0.3, -0.25) is 4.48 Å². The molecule has 0 atom stereocenters. The second kappa shape index (κ2) is 5.82. The van der Waals surface area contributed by atoms with Crippen molar-refractivity contribution in [2.75, 3.05) is 26.7 Å². The molecule has 0 aliphatic heterocycles. The van der Waals surface area contributed by atoms with E-state index in [2.05, 4.69) is 20.8 Å². The fraction of sp³-hybridized carbons (Fsp3) is 0.500. The van der Waals surface area contributed by atoms with Crippen LogP contribution in [0, 0.1) is 0 Å². The number of methoxy groups -OCH3 is 1. The van der Waals surface area contributed by atoms with E-state index in [4.69, 9.17) is 4.74 Å². The molecule has 0 amide bonds. The van der Waals surface area contributed by atoms with E-state index in [1.165, 1.54) is 12.8 Å². The van der Waals surface area contributed by atoms with E-state index in [-0.39, 0.29) is 5.97 Å². The molecule has 3 nitrogen and oxygen atoms in total. The topological polar surface area (TPSA) is 26.3 Å². The van der Waals surface area contributed by atoms with Gasteiger partial charge in [-0.25, -0.2) is 4.79 Å². The fourth-order valence-corrected chi connectivity index (χ4v) is 2.25. The van der Waals surface area contributed by atoms with Gasteiger partial charge in [0.1, 0.15) is 5.69 Å². The Hall–Kier alpha value is -1.35. The molecular formula is C14H22NO2+. The Morgan fingerprint density at radius 3 is 1.88 bits per heavy atom. The molecule has 3 heteroatoms. The number of hydrogen-bond acceptors (Lipinski definition) is 2. The summed E-state index contributed by atoms with van der Waals surface area (Å²) in [5.74, 6) is -0.279. The largest absolute Gasteiger partial charge is 0.465 e. The number of benzene rings is 1. The second-order valence-electron chi connectivity index (χ2n) is 4.13. The molecule has 1 rings (SSSR count). The first-order valence-electron chi connectivity index (χ1n) is 6.18. The maximum atomic E-state index is 11.4. The number of hydrogen-bond donors (Lipinski definition) is 0. The van der Waals surface area contributed by atoms with Crippen LogP contribution in [0.4, 0.5) is 5.69 Å². The van der Waals surface area contributed by atoms with Gasteiger partial charge in [0.05, 0.1) is 32.3 Å². The lowest BCUT2D eigenvalue weighted by Gasteiger charge is -2.35. The molecule has 0 saturated heterocycles. The molecule has 94 valence electrons. The summed E-state index contributed by atoms with van der Waals surface area (Å²) in [5.41, 5.74) is 1.86. The number of rotatable bonds is 5. The minimum Gasteiger partial charge on any atom is -0.465 e. The first kappa shape index (κ1) is 13.7. The first-order valence-corrected chi connectivity index (χ1v) is 6.18. The zero-order valence-corrected chi connectivity index (χ0v) is 11.2. The predicted molar refractivity (Wildman–Crippen MR) is 71.2 cm³/mol. The molecule has 1 aromatic carbocycles. The average molecular weight is 236 g/mol. The summed E-state index contributed by atoms with van der Waals surface area (Å²) >= 11 is 0. The highest BCUT2D eigenvalue weighted by Crippen LogP contribution is 2.23. The molecule has 0 unspecified atom stereocenters. The van der Waals surface area contributed by atoms with Crippen LogP contribution in [0.2, 0.25) is 0 Å². The summed E-state index contributed by atoms with van der Waals surface area (Å²) in [6.45, 7) is 9.77. The van der Waals surface area contributed by atoms with Crippen molar-refractivity contribution in [1.82, 2.24) is 4.48 Å². The molecule has 0 saturated carbocycles. The van der Waals surface area contributed by atoms with Crippen molar-refractivity contribution in [3.8, 4) is 0 Å². The third-order valence-electron chi connectivity index (χ3n) is 3.65. The third-order valence-corrected chi connectivity index (χ3v) is 3.65. The molecule has 0 aliphatic carbocycles. The molecule has 0 fully saturated rings. The summed E-state index contributed by atoms with van der Waals surface area (Å²) in [6.07, 6.45) is 0. The number of quaternary nitrogens is 1. The van der Waals surface area contributed by atoms with Crippen LogP contribution in [0.3, 0.4) is 0 Å². The van der Waals surface area contributed by atoms with Crippen molar-refractivity contribution in [3.63, 3.8) is 0 Å². The minimum absolute atomic E-state index is 0.279. The quantitative estimate of drug-likeness (QED) is 0.580. The molecule has 1 aromatic rings. The number of ether oxygens (including phenoxy) is 1. The van der Waals surface area contributed by atoms with Crippen LogP contribution >= 0.6 is 0 Å². The van der Waals surface area contributed by atoms with Crippen molar-refractivity contribution in [2.45, 2.75) is 20.8 Å². The van der Waals surface area contributed by atoms with E-state index >= 15 is 0 Å². The molecule has 0 heterocycles. The smallest absolute Gasteiger partial charge is 0.337 e. The zero-order valence-electron chi connectivity index (χ0n) is 11.2. The van der Waals surface area contributed by atoms with E-state index in [0.29, 0.717) is 5.56 Å². The normalized spacial score (nSPS) is 11.3. The minimum atomic E-state index is -0.279. The van der Waals surface area contributed by atoms with Crippen LogP contribution in [0.1, 0.15) is 31.1 Å². The van der Waals surface area contributed by atoms with Crippen LogP contribution in [-0.2, 0) is 4.74 Å². The van der Waals surface area contributed by atoms with Crippen molar-refractivity contribution in [3.05, 3.63) is 29.8 Å². The lowest BCUT2D eigenvalue weighted by Crippen LogP contribution is -2.48. The van der Waals surface area contributed by atoms with Gasteiger partial charge in [0, 0.05) is 0 Å². The van der Waals surface area contributed by atoms with Crippen molar-refractivity contribution >= 4 is 11.7 Å². The molecule has 0 bridgehead atoms. The van der Waals surface area contributed by atoms with Crippen LogP contribution in [-0.4, -0.2) is 32.7 Å². The van der Waals surface area contributed by atoms with E-state index < -0.39 is 0 Å². The van der Waals surface area contributed by atoms with Gasteiger partial charge >= 0.3 is 5.97 Å². The lowest BCUT2D eigenvalue weighted by molar-refractivity contribution is 0.0600. The first-order chi connectivity index (χ1) is 8.13. The Balaban J connectivity index is 3.04. The third kappa shape index (κ3) is 2.67. The molecule has 0 spiro atoms. The molecule has 0 aromatic heterocycles. The van der Waals surface area contributed by atoms with Gasteiger partial charge in [0.25, 0.3) is 0 Å². The van der Waals surface area contributed by atoms with Gasteiger partial charge in [-0.15, -0.1) is 0 Å². The zero-order chi connectivity index (χ0) is 12.9. The van der Waals surface area contributed by atoms with Gasteiger partial charge in [0.15, 0.2) is 0 Å². The van der Waals surface area contributed by atoms with Crippen molar-refractivity contribution < 1.29 is 9.53 Å². The summed E-state index contributed by atoms with van der Waals surface area (Å²) in [4.78, 5) is 11.4. The summed E-state index contributed by atoms with van der Waals surface area (Å²) in [7, 11) is 1.40. The van der Waals surface area contributed by atoms with E-state index in [1.807, 2.05) is 24.3 Å². The average Bonchev–Trinajstić information content (AvgIpc) is 2.41. The van der Waals surface area contributed by atoms with Gasteiger partial charge < -0.3 is 4.74 Å². The fourth-order valence-electron chi connectivity index (χ4n) is 2.25. The van der Waals surface area contributed by atoms with E-state index in [1.54, 1.807) is 0 Å². The lowest BCUT2D eigenvalue weighted by atomic mass is 10.1. The number of esters is 1. The van der Waals surface area contributed by atoms with E-state index in [0.717, 1.165) is 24.1 Å². The second-order valence-corrected chi connectivity index (χ2v) is 4.13. The Kier molecular flexibility index (Phi) is 4.70. The molecule has 0 aliphatic rings. The Morgan fingerprint density at radius 2 is 1.53 bits per heavy atom. The number of nitrogens with zero attached hydrogens (tertiary/aromatic N) is 1. The van der Waals surface area contributed by atoms with Gasteiger partial charge in [-0.05, 0) is 45.0 Å². The van der Waals surface area contributed by atoms with Crippen LogP contribution < -0.4 is 4.48 Å². The standard InChI is InChI=1S/C14H22NO2/c1-5-15(6-2,7-3)13-10-8-12(9-11-13)14(16)17-4/h8-11H,5-7H2,1-4H3/q+1. The molecule has 0 N–H and O–H groups in total. The maximum Gasteiger partial charge on any atom is 0.337 e. The van der Waals surface area contributed by atoms with Crippen LogP contribution in [0.25, 0.3) is 0 Å². The van der Waals surface area contributed by atoms with E-state index in [9.17, 15) is 4.79 Å². The van der Waals surface area contributed by atoms with Crippen molar-refractivity contribution in [1.29, 1.82) is 0 Å². The SMILES string of the molecule is CC[N+](CC)(CC)c1ccc(C(=O)OC)cc1. The monoisotopic (exact) mass is 236 g/mol. The highest BCUT2D eigenvalue weighted by molar-refractivity contribution is 5.89. The summed E-state index contributed by atoms with van der Waals surface area (Å²) in [5, 5.41) is 0. The number of carbonyl (C=O) groups excluding carboxylic acids is 1. The van der Waals surface area contributed by atoms with Gasteiger partial charge in [0.2, 0.25) is 0 Å². The van der Waals surface area contributed by atoms with Gasteiger partial charge in [-0.1, -0.05) is 0 Å². The molecular weight excluding hydrogens is 214 g/mol. The molecule has 0 radical (unpaired) electrons. The number of carbonyl (C=O) groups is 1. The highest BCUT2D eigenvalue weighted by Gasteiger charge is 2.24. The summed E-state index contributed by atoms with van der Waals surface area (Å²) < 4.78 is 5.64. The Labute approximate surface area is 104 Å². The highest BCUT2D eigenvalue weighted by atomic mass is 16.5.